The van der Waals surface area contributed by atoms with E-state index in [1.54, 1.807) is 6.26 Å². The number of nitrogens with one attached hydrogen (secondary N) is 2. The maximum atomic E-state index is 5.91. The molecule has 3 heterocycles. The average Bonchev–Trinajstić information content (AvgIpc) is 3.37. The highest BCUT2D eigenvalue weighted by atomic mass is 16.5. The van der Waals surface area contributed by atoms with Gasteiger partial charge in [0.15, 0.2) is 5.96 Å². The molecule has 2 bridgehead atoms. The van der Waals surface area contributed by atoms with E-state index >= 15 is 0 Å². The topological polar surface area (TPSA) is 71.7 Å². The van der Waals surface area contributed by atoms with Crippen LogP contribution < -0.4 is 10.6 Å². The number of rotatable bonds is 5. The summed E-state index contributed by atoms with van der Waals surface area (Å²) in [6.07, 6.45) is 5.83. The van der Waals surface area contributed by atoms with Gasteiger partial charge in [0.1, 0.15) is 12.0 Å². The molecule has 0 amide bonds. The number of oxazole rings is 1. The quantitative estimate of drug-likeness (QED) is 0.638. The van der Waals surface area contributed by atoms with Crippen LogP contribution in [0.25, 0.3) is 11.5 Å². The zero-order valence-corrected chi connectivity index (χ0v) is 15.4. The van der Waals surface area contributed by atoms with Crippen molar-refractivity contribution in [1.29, 1.82) is 0 Å². The SMILES string of the molecule is CCNC(=NCc1coc(-c2ccc(C)cc2)n1)NC1CC2CCC1O2. The van der Waals surface area contributed by atoms with Gasteiger partial charge in [0, 0.05) is 12.1 Å². The van der Waals surface area contributed by atoms with Gasteiger partial charge < -0.3 is 19.8 Å². The second kappa shape index (κ2) is 7.50. The van der Waals surface area contributed by atoms with Crippen molar-refractivity contribution in [2.75, 3.05) is 6.54 Å². The predicted octanol–water partition coefficient (Wildman–Crippen LogP) is 3.03. The molecule has 0 spiro atoms. The fraction of sp³-hybridized carbons (Fsp3) is 0.500. The van der Waals surface area contributed by atoms with Gasteiger partial charge in [0.05, 0.1) is 24.8 Å². The molecule has 0 radical (unpaired) electrons. The molecule has 26 heavy (non-hydrogen) atoms. The van der Waals surface area contributed by atoms with E-state index in [-0.39, 0.29) is 0 Å². The highest BCUT2D eigenvalue weighted by molar-refractivity contribution is 5.80. The summed E-state index contributed by atoms with van der Waals surface area (Å²) < 4.78 is 11.5. The van der Waals surface area contributed by atoms with Crippen LogP contribution in [0.4, 0.5) is 0 Å². The number of benzene rings is 1. The minimum atomic E-state index is 0.323. The monoisotopic (exact) mass is 354 g/mol. The van der Waals surface area contributed by atoms with Crippen LogP contribution in [0.5, 0.6) is 0 Å². The number of hydrogen-bond acceptors (Lipinski definition) is 4. The summed E-state index contributed by atoms with van der Waals surface area (Å²) >= 11 is 0. The number of hydrogen-bond donors (Lipinski definition) is 2. The van der Waals surface area contributed by atoms with Gasteiger partial charge >= 0.3 is 0 Å². The van der Waals surface area contributed by atoms with E-state index < -0.39 is 0 Å². The molecule has 2 saturated heterocycles. The highest BCUT2D eigenvalue weighted by Gasteiger charge is 2.41. The molecule has 6 heteroatoms. The van der Waals surface area contributed by atoms with Crippen LogP contribution in [0.1, 0.15) is 37.4 Å². The van der Waals surface area contributed by atoms with Gasteiger partial charge in [-0.1, -0.05) is 17.7 Å². The smallest absolute Gasteiger partial charge is 0.226 e. The lowest BCUT2D eigenvalue weighted by atomic mass is 9.96. The zero-order valence-electron chi connectivity index (χ0n) is 15.4. The second-order valence-corrected chi connectivity index (χ2v) is 7.07. The van der Waals surface area contributed by atoms with Crippen LogP contribution in [-0.4, -0.2) is 35.7 Å². The van der Waals surface area contributed by atoms with E-state index in [0.717, 1.165) is 36.6 Å². The Labute approximate surface area is 154 Å². The molecular weight excluding hydrogens is 328 g/mol. The third kappa shape index (κ3) is 3.75. The predicted molar refractivity (Wildman–Crippen MR) is 101 cm³/mol. The maximum absolute atomic E-state index is 5.91. The summed E-state index contributed by atoms with van der Waals surface area (Å²) in [5, 5.41) is 6.83. The van der Waals surface area contributed by atoms with E-state index in [0.29, 0.717) is 30.7 Å². The minimum absolute atomic E-state index is 0.323. The third-order valence-electron chi connectivity index (χ3n) is 5.02. The normalized spacial score (nSPS) is 24.8. The number of aromatic nitrogens is 1. The summed E-state index contributed by atoms with van der Waals surface area (Å²) in [6.45, 7) is 5.43. The van der Waals surface area contributed by atoms with Gasteiger partial charge in [-0.25, -0.2) is 9.98 Å². The Hall–Kier alpha value is -2.34. The molecule has 3 atom stereocenters. The van der Waals surface area contributed by atoms with Crippen molar-refractivity contribution < 1.29 is 9.15 Å². The molecule has 1 aromatic heterocycles. The van der Waals surface area contributed by atoms with Crippen molar-refractivity contribution in [1.82, 2.24) is 15.6 Å². The van der Waals surface area contributed by atoms with Gasteiger partial charge in [-0.3, -0.25) is 0 Å². The van der Waals surface area contributed by atoms with E-state index in [1.165, 1.54) is 12.0 Å². The Morgan fingerprint density at radius 2 is 2.12 bits per heavy atom. The number of ether oxygens (including phenoxy) is 1. The van der Waals surface area contributed by atoms with Gasteiger partial charge in [-0.05, 0) is 45.2 Å². The largest absolute Gasteiger partial charge is 0.444 e. The van der Waals surface area contributed by atoms with Crippen LogP contribution in [0.15, 0.2) is 39.9 Å². The number of fused-ring (bicyclic) bond motifs is 2. The Morgan fingerprint density at radius 3 is 2.81 bits per heavy atom. The third-order valence-corrected chi connectivity index (χ3v) is 5.02. The summed E-state index contributed by atoms with van der Waals surface area (Å²) in [5.41, 5.74) is 3.02. The van der Waals surface area contributed by atoms with Gasteiger partial charge in [-0.15, -0.1) is 0 Å². The van der Waals surface area contributed by atoms with Crippen LogP contribution in [0.3, 0.4) is 0 Å². The van der Waals surface area contributed by atoms with Gasteiger partial charge in [-0.2, -0.15) is 0 Å². The van der Waals surface area contributed by atoms with Gasteiger partial charge in [0.25, 0.3) is 0 Å². The lowest BCUT2D eigenvalue weighted by molar-refractivity contribution is 0.0992. The molecule has 3 unspecified atom stereocenters. The molecule has 2 aromatic rings. The lowest BCUT2D eigenvalue weighted by Crippen LogP contribution is -2.47. The molecule has 0 saturated carbocycles. The molecule has 0 aliphatic carbocycles. The van der Waals surface area contributed by atoms with Gasteiger partial charge in [0.2, 0.25) is 5.89 Å². The van der Waals surface area contributed by atoms with Crippen molar-refractivity contribution >= 4 is 5.96 Å². The van der Waals surface area contributed by atoms with Crippen molar-refractivity contribution in [2.45, 2.75) is 57.9 Å². The van der Waals surface area contributed by atoms with Crippen molar-refractivity contribution in [3.8, 4) is 11.5 Å². The van der Waals surface area contributed by atoms with Crippen LogP contribution in [-0.2, 0) is 11.3 Å². The molecule has 4 rings (SSSR count). The molecular formula is C20H26N4O2. The Kier molecular flexibility index (Phi) is 4.93. The number of nitrogens with zero attached hydrogens (tertiary/aromatic N) is 2. The second-order valence-electron chi connectivity index (χ2n) is 7.07. The van der Waals surface area contributed by atoms with E-state index in [1.807, 2.05) is 12.1 Å². The summed E-state index contributed by atoms with van der Waals surface area (Å²) in [4.78, 5) is 9.23. The minimum Gasteiger partial charge on any atom is -0.444 e. The number of guanidine groups is 1. The maximum Gasteiger partial charge on any atom is 0.226 e. The average molecular weight is 354 g/mol. The number of aliphatic imine (C=N–C) groups is 1. The van der Waals surface area contributed by atoms with Crippen LogP contribution in [0.2, 0.25) is 0 Å². The first kappa shape index (κ1) is 17.1. The van der Waals surface area contributed by atoms with Crippen LogP contribution in [0, 0.1) is 6.92 Å². The molecule has 2 aliphatic heterocycles. The van der Waals surface area contributed by atoms with Crippen molar-refractivity contribution in [3.63, 3.8) is 0 Å². The molecule has 2 N–H and O–H groups in total. The van der Waals surface area contributed by atoms with E-state index in [4.69, 9.17) is 9.15 Å². The first-order valence-corrected chi connectivity index (χ1v) is 9.43. The molecule has 2 fully saturated rings. The van der Waals surface area contributed by atoms with Crippen molar-refractivity contribution in [3.05, 3.63) is 41.8 Å². The Bertz CT molecular complexity index is 768. The lowest BCUT2D eigenvalue weighted by Gasteiger charge is -2.22. The molecule has 2 aliphatic rings. The fourth-order valence-corrected chi connectivity index (χ4v) is 3.65. The first-order chi connectivity index (χ1) is 12.7. The Morgan fingerprint density at radius 1 is 1.27 bits per heavy atom. The summed E-state index contributed by atoms with van der Waals surface area (Å²) in [5.74, 6) is 1.45. The standard InChI is InChI=1S/C20H26N4O2/c1-3-21-20(24-17-10-16-8-9-18(17)26-16)22-11-15-12-25-19(23-15)14-6-4-13(2)5-7-14/h4-7,12,16-18H,3,8-11H2,1-2H3,(H2,21,22,24). The number of aryl methyl sites for hydroxylation is 1. The zero-order chi connectivity index (χ0) is 17.9. The molecule has 138 valence electrons. The van der Waals surface area contributed by atoms with Crippen molar-refractivity contribution in [2.24, 2.45) is 4.99 Å². The fourth-order valence-electron chi connectivity index (χ4n) is 3.65. The van der Waals surface area contributed by atoms with E-state index in [9.17, 15) is 0 Å². The molecule has 1 aromatic carbocycles. The summed E-state index contributed by atoms with van der Waals surface area (Å²) in [6, 6.07) is 8.51. The Balaban J connectivity index is 1.40. The van der Waals surface area contributed by atoms with Crippen LogP contribution >= 0.6 is 0 Å². The highest BCUT2D eigenvalue weighted by Crippen LogP contribution is 2.34. The molecule has 6 nitrogen and oxygen atoms in total. The summed E-state index contributed by atoms with van der Waals surface area (Å²) in [7, 11) is 0. The first-order valence-electron chi connectivity index (χ1n) is 9.43. The van der Waals surface area contributed by atoms with E-state index in [2.05, 4.69) is 46.6 Å².